The molecule has 1 aromatic carbocycles. The van der Waals surface area contributed by atoms with E-state index >= 15 is 0 Å². The fourth-order valence-corrected chi connectivity index (χ4v) is 4.24. The number of benzene rings is 1. The number of thiophene rings is 1. The third kappa shape index (κ3) is 4.76. The number of aromatic nitrogens is 2. The zero-order valence-corrected chi connectivity index (χ0v) is 17.2. The third-order valence-electron chi connectivity index (χ3n) is 4.99. The largest absolute Gasteiger partial charge is 0.495 e. The minimum atomic E-state index is 0.00718. The molecule has 0 aliphatic carbocycles. The van der Waals surface area contributed by atoms with Gasteiger partial charge < -0.3 is 19.5 Å². The van der Waals surface area contributed by atoms with Crippen molar-refractivity contribution in [1.29, 1.82) is 0 Å². The molecule has 8 heteroatoms. The summed E-state index contributed by atoms with van der Waals surface area (Å²) in [4.78, 5) is 20.1. The molecule has 1 aliphatic rings. The number of carbonyl (C=O) groups excluding carboxylic acids is 1. The number of anilines is 1. The SMILES string of the molecule is COc1ccccc1N1CCCC(NC(=O)CCc2nc(-c3cccs3)no2)C1. The normalized spacial score (nSPS) is 16.6. The summed E-state index contributed by atoms with van der Waals surface area (Å²) in [6.07, 6.45) is 2.77. The average Bonchev–Trinajstić information content (AvgIpc) is 3.44. The molecule has 0 saturated carbocycles. The number of hydrogen-bond acceptors (Lipinski definition) is 7. The molecule has 29 heavy (non-hydrogen) atoms. The first-order chi connectivity index (χ1) is 14.2. The van der Waals surface area contributed by atoms with E-state index in [1.807, 2.05) is 35.7 Å². The second kappa shape index (κ2) is 9.09. The minimum absolute atomic E-state index is 0.00718. The van der Waals surface area contributed by atoms with E-state index in [0.717, 1.165) is 42.2 Å². The van der Waals surface area contributed by atoms with Gasteiger partial charge in [0, 0.05) is 32.0 Å². The summed E-state index contributed by atoms with van der Waals surface area (Å²) in [5, 5.41) is 9.11. The summed E-state index contributed by atoms with van der Waals surface area (Å²) in [5.74, 6) is 1.93. The van der Waals surface area contributed by atoms with E-state index in [2.05, 4.69) is 26.4 Å². The van der Waals surface area contributed by atoms with Crippen molar-refractivity contribution in [1.82, 2.24) is 15.5 Å². The van der Waals surface area contributed by atoms with Crippen molar-refractivity contribution in [3.63, 3.8) is 0 Å². The lowest BCUT2D eigenvalue weighted by atomic mass is 10.0. The van der Waals surface area contributed by atoms with E-state index in [9.17, 15) is 4.79 Å². The summed E-state index contributed by atoms with van der Waals surface area (Å²) in [6.45, 7) is 1.73. The third-order valence-corrected chi connectivity index (χ3v) is 5.85. The topological polar surface area (TPSA) is 80.5 Å². The number of aryl methyl sites for hydroxylation is 1. The van der Waals surface area contributed by atoms with Crippen LogP contribution >= 0.6 is 11.3 Å². The Bertz CT molecular complexity index is 941. The van der Waals surface area contributed by atoms with Gasteiger partial charge in [0.2, 0.25) is 17.6 Å². The zero-order chi connectivity index (χ0) is 20.1. The highest BCUT2D eigenvalue weighted by Gasteiger charge is 2.23. The molecule has 1 amide bonds. The number of hydrogen-bond donors (Lipinski definition) is 1. The van der Waals surface area contributed by atoms with Crippen LogP contribution in [0.4, 0.5) is 5.69 Å². The Labute approximate surface area is 173 Å². The van der Waals surface area contributed by atoms with Gasteiger partial charge in [-0.3, -0.25) is 4.79 Å². The summed E-state index contributed by atoms with van der Waals surface area (Å²) in [7, 11) is 1.68. The average molecular weight is 413 g/mol. The maximum atomic E-state index is 12.4. The van der Waals surface area contributed by atoms with E-state index in [1.54, 1.807) is 18.4 Å². The predicted octanol–water partition coefficient (Wildman–Crippen LogP) is 3.52. The molecule has 0 bridgehead atoms. The van der Waals surface area contributed by atoms with E-state index < -0.39 is 0 Å². The van der Waals surface area contributed by atoms with Crippen LogP contribution < -0.4 is 15.0 Å². The molecule has 3 heterocycles. The Kier molecular flexibility index (Phi) is 6.09. The molecule has 1 fully saturated rings. The van der Waals surface area contributed by atoms with Crippen LogP contribution in [0.25, 0.3) is 10.7 Å². The van der Waals surface area contributed by atoms with Gasteiger partial charge in [0.15, 0.2) is 0 Å². The molecule has 1 aliphatic heterocycles. The first-order valence-electron chi connectivity index (χ1n) is 9.76. The number of nitrogens with zero attached hydrogens (tertiary/aromatic N) is 3. The highest BCUT2D eigenvalue weighted by Crippen LogP contribution is 2.30. The van der Waals surface area contributed by atoms with E-state index in [-0.39, 0.29) is 11.9 Å². The van der Waals surface area contributed by atoms with Crippen LogP contribution in [0.3, 0.4) is 0 Å². The number of rotatable bonds is 7. The van der Waals surface area contributed by atoms with Crippen molar-refractivity contribution in [2.75, 3.05) is 25.1 Å². The van der Waals surface area contributed by atoms with Crippen LogP contribution in [0.1, 0.15) is 25.2 Å². The Morgan fingerprint density at radius 3 is 3.07 bits per heavy atom. The lowest BCUT2D eigenvalue weighted by Gasteiger charge is -2.35. The van der Waals surface area contributed by atoms with E-state index in [1.165, 1.54) is 0 Å². The first kappa shape index (κ1) is 19.4. The van der Waals surface area contributed by atoms with Crippen molar-refractivity contribution in [2.45, 2.75) is 31.7 Å². The Balaban J connectivity index is 1.29. The number of piperidine rings is 1. The van der Waals surface area contributed by atoms with Gasteiger partial charge in [0.1, 0.15) is 5.75 Å². The maximum absolute atomic E-state index is 12.4. The molecule has 1 saturated heterocycles. The van der Waals surface area contributed by atoms with Crippen LogP contribution in [-0.2, 0) is 11.2 Å². The number of carbonyl (C=O) groups is 1. The number of nitrogens with one attached hydrogen (secondary N) is 1. The molecule has 1 N–H and O–H groups in total. The molecule has 4 rings (SSSR count). The van der Waals surface area contributed by atoms with Gasteiger partial charge in [-0.2, -0.15) is 4.98 Å². The highest BCUT2D eigenvalue weighted by molar-refractivity contribution is 7.13. The molecule has 2 aromatic heterocycles. The standard InChI is InChI=1S/C21H24N4O3S/c1-27-17-8-3-2-7-16(17)25-12-4-6-15(14-25)22-19(26)10-11-20-23-21(24-28-20)18-9-5-13-29-18/h2-3,5,7-9,13,15H,4,6,10-12,14H2,1H3,(H,22,26). The molecule has 1 atom stereocenters. The van der Waals surface area contributed by atoms with Crippen LogP contribution in [0, 0.1) is 0 Å². The van der Waals surface area contributed by atoms with Gasteiger partial charge in [-0.05, 0) is 36.4 Å². The van der Waals surface area contributed by atoms with Gasteiger partial charge in [-0.15, -0.1) is 11.3 Å². The van der Waals surface area contributed by atoms with Gasteiger partial charge >= 0.3 is 0 Å². The van der Waals surface area contributed by atoms with Crippen molar-refractivity contribution >= 4 is 22.9 Å². The smallest absolute Gasteiger partial charge is 0.227 e. The van der Waals surface area contributed by atoms with E-state index in [0.29, 0.717) is 24.6 Å². The lowest BCUT2D eigenvalue weighted by molar-refractivity contribution is -0.121. The van der Waals surface area contributed by atoms with Crippen LogP contribution in [0.15, 0.2) is 46.3 Å². The maximum Gasteiger partial charge on any atom is 0.227 e. The van der Waals surface area contributed by atoms with Crippen molar-refractivity contribution in [2.24, 2.45) is 0 Å². The fourth-order valence-electron chi connectivity index (χ4n) is 3.59. The molecule has 7 nitrogen and oxygen atoms in total. The summed E-state index contributed by atoms with van der Waals surface area (Å²) < 4.78 is 10.8. The van der Waals surface area contributed by atoms with Gasteiger partial charge in [-0.25, -0.2) is 0 Å². The van der Waals surface area contributed by atoms with Gasteiger partial charge in [-0.1, -0.05) is 23.4 Å². The minimum Gasteiger partial charge on any atom is -0.495 e. The lowest BCUT2D eigenvalue weighted by Crippen LogP contribution is -2.48. The quantitative estimate of drug-likeness (QED) is 0.640. The van der Waals surface area contributed by atoms with Crippen molar-refractivity contribution < 1.29 is 14.1 Å². The van der Waals surface area contributed by atoms with E-state index in [4.69, 9.17) is 9.26 Å². The van der Waals surface area contributed by atoms with Crippen LogP contribution in [0.5, 0.6) is 5.75 Å². The first-order valence-corrected chi connectivity index (χ1v) is 10.6. The van der Waals surface area contributed by atoms with Crippen LogP contribution in [-0.4, -0.2) is 42.3 Å². The number of para-hydroxylation sites is 2. The van der Waals surface area contributed by atoms with Gasteiger partial charge in [0.05, 0.1) is 17.7 Å². The van der Waals surface area contributed by atoms with Crippen LogP contribution in [0.2, 0.25) is 0 Å². The Hall–Kier alpha value is -2.87. The molecule has 3 aromatic rings. The predicted molar refractivity (Wildman–Crippen MR) is 112 cm³/mol. The second-order valence-electron chi connectivity index (χ2n) is 7.01. The zero-order valence-electron chi connectivity index (χ0n) is 16.3. The Morgan fingerprint density at radius 2 is 2.24 bits per heavy atom. The fraction of sp³-hybridized carbons (Fsp3) is 0.381. The molecule has 0 spiro atoms. The molecule has 1 unspecified atom stereocenters. The summed E-state index contributed by atoms with van der Waals surface area (Å²) >= 11 is 1.56. The van der Waals surface area contributed by atoms with Crippen molar-refractivity contribution in [3.05, 3.63) is 47.7 Å². The second-order valence-corrected chi connectivity index (χ2v) is 7.96. The molecule has 152 valence electrons. The Morgan fingerprint density at radius 1 is 1.34 bits per heavy atom. The number of methoxy groups -OCH3 is 1. The molecular formula is C21H24N4O3S. The number of ether oxygens (including phenoxy) is 1. The van der Waals surface area contributed by atoms with Crippen molar-refractivity contribution in [3.8, 4) is 16.5 Å². The summed E-state index contributed by atoms with van der Waals surface area (Å²) in [6, 6.07) is 12.0. The monoisotopic (exact) mass is 412 g/mol. The molecule has 0 radical (unpaired) electrons. The summed E-state index contributed by atoms with van der Waals surface area (Å²) in [5.41, 5.74) is 1.07. The number of amides is 1. The van der Waals surface area contributed by atoms with Gasteiger partial charge in [0.25, 0.3) is 0 Å². The molecular weight excluding hydrogens is 388 g/mol. The highest BCUT2D eigenvalue weighted by atomic mass is 32.1.